The minimum atomic E-state index is -0.0639. The van der Waals surface area contributed by atoms with Gasteiger partial charge in [-0.05, 0) is 30.7 Å². The highest BCUT2D eigenvalue weighted by atomic mass is 35.5. The maximum atomic E-state index is 5.86. The Morgan fingerprint density at radius 1 is 1.45 bits per heavy atom. The normalized spacial score (nSPS) is 13.0. The van der Waals surface area contributed by atoms with Crippen molar-refractivity contribution in [1.82, 2.24) is 0 Å². The van der Waals surface area contributed by atoms with Gasteiger partial charge in [0, 0.05) is 16.8 Å². The van der Waals surface area contributed by atoms with Crippen LogP contribution in [0.4, 0.5) is 5.69 Å². The van der Waals surface area contributed by atoms with E-state index < -0.39 is 0 Å². The summed E-state index contributed by atoms with van der Waals surface area (Å²) in [6.07, 6.45) is 0. The van der Waals surface area contributed by atoms with E-state index in [9.17, 15) is 0 Å². The Morgan fingerprint density at radius 3 is 2.55 bits per heavy atom. The average molecular weight is 171 g/mol. The highest BCUT2D eigenvalue weighted by Crippen LogP contribution is 2.23. The van der Waals surface area contributed by atoms with E-state index in [1.807, 2.05) is 6.92 Å². The van der Waals surface area contributed by atoms with Gasteiger partial charge in [0.1, 0.15) is 0 Å². The number of nitrogen functional groups attached to an aromatic ring is 1. The van der Waals surface area contributed by atoms with Gasteiger partial charge < -0.3 is 11.5 Å². The van der Waals surface area contributed by atoms with Crippen LogP contribution >= 0.6 is 11.6 Å². The molecule has 3 heteroatoms. The lowest BCUT2D eigenvalue weighted by atomic mass is 10.1. The van der Waals surface area contributed by atoms with Gasteiger partial charge in [0.05, 0.1) is 0 Å². The Balaban J connectivity index is 3.13. The average Bonchev–Trinajstić information content (AvgIpc) is 1.94. The van der Waals surface area contributed by atoms with E-state index in [1.54, 1.807) is 18.2 Å². The molecule has 1 aromatic carbocycles. The molecule has 0 spiro atoms. The number of rotatable bonds is 1. The molecule has 1 aromatic rings. The van der Waals surface area contributed by atoms with Gasteiger partial charge >= 0.3 is 0 Å². The molecule has 2 nitrogen and oxygen atoms in total. The predicted octanol–water partition coefficient (Wildman–Crippen LogP) is 1.94. The minimum Gasteiger partial charge on any atom is -0.399 e. The van der Waals surface area contributed by atoms with Crippen LogP contribution in [0.15, 0.2) is 18.2 Å². The van der Waals surface area contributed by atoms with Crippen LogP contribution in [0.5, 0.6) is 0 Å². The molecular formula is C8H11ClN2. The lowest BCUT2D eigenvalue weighted by Gasteiger charge is -2.08. The van der Waals surface area contributed by atoms with E-state index in [0.717, 1.165) is 5.56 Å². The highest BCUT2D eigenvalue weighted by molar-refractivity contribution is 6.31. The summed E-state index contributed by atoms with van der Waals surface area (Å²) >= 11 is 5.86. The molecule has 0 fully saturated rings. The van der Waals surface area contributed by atoms with Gasteiger partial charge in [0.15, 0.2) is 0 Å². The van der Waals surface area contributed by atoms with Crippen LogP contribution in [0.1, 0.15) is 18.5 Å². The topological polar surface area (TPSA) is 52.0 Å². The molecule has 11 heavy (non-hydrogen) atoms. The third kappa shape index (κ3) is 1.85. The number of benzene rings is 1. The first-order valence-electron chi connectivity index (χ1n) is 3.42. The third-order valence-corrected chi connectivity index (χ3v) is 1.85. The van der Waals surface area contributed by atoms with Crippen molar-refractivity contribution in [3.05, 3.63) is 28.8 Å². The van der Waals surface area contributed by atoms with E-state index in [2.05, 4.69) is 0 Å². The van der Waals surface area contributed by atoms with Crippen LogP contribution in [-0.2, 0) is 0 Å². The Labute approximate surface area is 71.1 Å². The molecule has 0 bridgehead atoms. The fraction of sp³-hybridized carbons (Fsp3) is 0.250. The van der Waals surface area contributed by atoms with Crippen molar-refractivity contribution in [3.8, 4) is 0 Å². The minimum absolute atomic E-state index is 0.0639. The molecule has 4 N–H and O–H groups in total. The van der Waals surface area contributed by atoms with Crippen LogP contribution in [0.25, 0.3) is 0 Å². The second kappa shape index (κ2) is 3.11. The molecule has 0 aliphatic heterocycles. The number of nitrogens with two attached hydrogens (primary N) is 2. The number of hydrogen-bond acceptors (Lipinski definition) is 2. The SMILES string of the molecule is C[C@H](N)c1cc(N)ccc1Cl. The summed E-state index contributed by atoms with van der Waals surface area (Å²) in [5, 5.41) is 0.675. The Bertz CT molecular complexity index is 258. The maximum Gasteiger partial charge on any atom is 0.0455 e. The first-order valence-corrected chi connectivity index (χ1v) is 3.79. The van der Waals surface area contributed by atoms with Gasteiger partial charge in [-0.1, -0.05) is 11.6 Å². The van der Waals surface area contributed by atoms with Crippen molar-refractivity contribution in [2.24, 2.45) is 5.73 Å². The quantitative estimate of drug-likeness (QED) is 0.633. The van der Waals surface area contributed by atoms with Crippen molar-refractivity contribution in [2.75, 3.05) is 5.73 Å². The standard InChI is InChI=1S/C8H11ClN2/c1-5(10)7-4-6(11)2-3-8(7)9/h2-5H,10-11H2,1H3/t5-/m0/s1. The van der Waals surface area contributed by atoms with Crippen LogP contribution in [0, 0.1) is 0 Å². The van der Waals surface area contributed by atoms with Crippen molar-refractivity contribution < 1.29 is 0 Å². The van der Waals surface area contributed by atoms with Crippen molar-refractivity contribution in [2.45, 2.75) is 13.0 Å². The summed E-state index contributed by atoms with van der Waals surface area (Å²) in [5.41, 5.74) is 12.8. The Kier molecular flexibility index (Phi) is 2.37. The molecule has 0 aliphatic carbocycles. The molecule has 0 saturated heterocycles. The van der Waals surface area contributed by atoms with Crippen molar-refractivity contribution in [3.63, 3.8) is 0 Å². The van der Waals surface area contributed by atoms with Crippen LogP contribution < -0.4 is 11.5 Å². The van der Waals surface area contributed by atoms with Gasteiger partial charge in [0.25, 0.3) is 0 Å². The lowest BCUT2D eigenvalue weighted by Crippen LogP contribution is -2.06. The number of halogens is 1. The number of hydrogen-bond donors (Lipinski definition) is 2. The second-order valence-corrected chi connectivity index (χ2v) is 2.98. The molecule has 0 aliphatic rings. The molecule has 0 heterocycles. The second-order valence-electron chi connectivity index (χ2n) is 2.57. The van der Waals surface area contributed by atoms with Gasteiger partial charge in [-0.25, -0.2) is 0 Å². The van der Waals surface area contributed by atoms with Gasteiger partial charge in [0.2, 0.25) is 0 Å². The molecule has 1 rings (SSSR count). The molecule has 0 aromatic heterocycles. The van der Waals surface area contributed by atoms with Gasteiger partial charge in [-0.15, -0.1) is 0 Å². The molecule has 0 saturated carbocycles. The van der Waals surface area contributed by atoms with Gasteiger partial charge in [-0.3, -0.25) is 0 Å². The molecule has 1 atom stereocenters. The monoisotopic (exact) mass is 170 g/mol. The first-order chi connectivity index (χ1) is 5.11. The summed E-state index contributed by atoms with van der Waals surface area (Å²) in [5.74, 6) is 0. The summed E-state index contributed by atoms with van der Waals surface area (Å²) in [6, 6.07) is 5.25. The van der Waals surface area contributed by atoms with E-state index in [1.165, 1.54) is 0 Å². The van der Waals surface area contributed by atoms with Crippen LogP contribution in [0.3, 0.4) is 0 Å². The zero-order valence-electron chi connectivity index (χ0n) is 6.34. The molecular weight excluding hydrogens is 160 g/mol. The van der Waals surface area contributed by atoms with Crippen molar-refractivity contribution >= 4 is 17.3 Å². The predicted molar refractivity (Wildman–Crippen MR) is 48.5 cm³/mol. The summed E-state index contributed by atoms with van der Waals surface area (Å²) in [6.45, 7) is 1.88. The Hall–Kier alpha value is -0.730. The highest BCUT2D eigenvalue weighted by Gasteiger charge is 2.04. The fourth-order valence-electron chi connectivity index (χ4n) is 0.911. The van der Waals surface area contributed by atoms with E-state index >= 15 is 0 Å². The van der Waals surface area contributed by atoms with E-state index in [0.29, 0.717) is 10.7 Å². The lowest BCUT2D eigenvalue weighted by molar-refractivity contribution is 0.819. The molecule has 0 unspecified atom stereocenters. The van der Waals surface area contributed by atoms with Crippen LogP contribution in [-0.4, -0.2) is 0 Å². The summed E-state index contributed by atoms with van der Waals surface area (Å²) in [7, 11) is 0. The molecule has 60 valence electrons. The van der Waals surface area contributed by atoms with Gasteiger partial charge in [-0.2, -0.15) is 0 Å². The van der Waals surface area contributed by atoms with E-state index in [4.69, 9.17) is 23.1 Å². The largest absolute Gasteiger partial charge is 0.399 e. The summed E-state index contributed by atoms with van der Waals surface area (Å²) in [4.78, 5) is 0. The fourth-order valence-corrected chi connectivity index (χ4v) is 1.20. The first kappa shape index (κ1) is 8.37. The maximum absolute atomic E-state index is 5.86. The number of anilines is 1. The van der Waals surface area contributed by atoms with Crippen molar-refractivity contribution in [1.29, 1.82) is 0 Å². The summed E-state index contributed by atoms with van der Waals surface area (Å²) < 4.78 is 0. The zero-order valence-corrected chi connectivity index (χ0v) is 7.10. The smallest absolute Gasteiger partial charge is 0.0455 e. The molecule has 0 amide bonds. The van der Waals surface area contributed by atoms with E-state index in [-0.39, 0.29) is 6.04 Å². The molecule has 0 radical (unpaired) electrons. The third-order valence-electron chi connectivity index (χ3n) is 1.51. The van der Waals surface area contributed by atoms with Crippen LogP contribution in [0.2, 0.25) is 5.02 Å². The zero-order chi connectivity index (χ0) is 8.43. The Morgan fingerprint density at radius 2 is 2.09 bits per heavy atom.